The molecule has 0 saturated heterocycles. The van der Waals surface area contributed by atoms with E-state index >= 15 is 0 Å². The number of tetrazole rings is 1. The highest BCUT2D eigenvalue weighted by Crippen LogP contribution is 2.31. The van der Waals surface area contributed by atoms with Crippen LogP contribution in [0.4, 0.5) is 13.2 Å². The lowest BCUT2D eigenvalue weighted by Crippen LogP contribution is -2.31. The maximum absolute atomic E-state index is 12.9. The van der Waals surface area contributed by atoms with Crippen molar-refractivity contribution in [2.24, 2.45) is 0 Å². The second-order valence-electron chi connectivity index (χ2n) is 6.62. The summed E-state index contributed by atoms with van der Waals surface area (Å²) in [6, 6.07) is 9.40. The first-order chi connectivity index (χ1) is 14.7. The van der Waals surface area contributed by atoms with Gasteiger partial charge in [0.25, 0.3) is 0 Å². The summed E-state index contributed by atoms with van der Waals surface area (Å²) in [4.78, 5) is 13.4. The molecule has 0 spiro atoms. The van der Waals surface area contributed by atoms with Gasteiger partial charge in [0.1, 0.15) is 18.0 Å². The van der Waals surface area contributed by atoms with Crippen molar-refractivity contribution in [3.05, 3.63) is 53.6 Å². The SMILES string of the molecule is COc1ccc(OC)c(C(C)NC(=O)Cn2nnc(-c3cccc(C(F)(F)F)c3)n2)c1. The highest BCUT2D eigenvalue weighted by Gasteiger charge is 2.30. The van der Waals surface area contributed by atoms with Crippen LogP contribution in [0.15, 0.2) is 42.5 Å². The molecule has 11 heteroatoms. The fourth-order valence-corrected chi connectivity index (χ4v) is 2.93. The van der Waals surface area contributed by atoms with E-state index in [9.17, 15) is 18.0 Å². The number of nitrogens with zero attached hydrogens (tertiary/aromatic N) is 4. The van der Waals surface area contributed by atoms with Crippen LogP contribution >= 0.6 is 0 Å². The Morgan fingerprint density at radius 3 is 2.61 bits per heavy atom. The lowest BCUT2D eigenvalue weighted by atomic mass is 10.1. The Bertz CT molecular complexity index is 1070. The van der Waals surface area contributed by atoms with E-state index in [4.69, 9.17) is 9.47 Å². The summed E-state index contributed by atoms with van der Waals surface area (Å²) in [7, 11) is 3.06. The monoisotopic (exact) mass is 435 g/mol. The molecule has 0 aliphatic heterocycles. The molecule has 1 amide bonds. The average Bonchev–Trinajstić information content (AvgIpc) is 3.21. The number of hydrogen-bond donors (Lipinski definition) is 1. The van der Waals surface area contributed by atoms with Crippen molar-refractivity contribution in [3.8, 4) is 22.9 Å². The van der Waals surface area contributed by atoms with Gasteiger partial charge in [-0.2, -0.15) is 18.0 Å². The molecule has 0 saturated carbocycles. The number of halogens is 3. The molecule has 2 aromatic carbocycles. The van der Waals surface area contributed by atoms with Crippen molar-refractivity contribution in [1.29, 1.82) is 0 Å². The van der Waals surface area contributed by atoms with Gasteiger partial charge in [0.2, 0.25) is 11.7 Å². The van der Waals surface area contributed by atoms with Crippen molar-refractivity contribution in [2.75, 3.05) is 14.2 Å². The molecule has 1 atom stereocenters. The molecule has 8 nitrogen and oxygen atoms in total. The van der Waals surface area contributed by atoms with E-state index in [1.807, 2.05) is 0 Å². The van der Waals surface area contributed by atoms with E-state index in [2.05, 4.69) is 20.7 Å². The van der Waals surface area contributed by atoms with Crippen molar-refractivity contribution in [1.82, 2.24) is 25.5 Å². The third-order valence-electron chi connectivity index (χ3n) is 4.47. The van der Waals surface area contributed by atoms with E-state index < -0.39 is 23.7 Å². The Hall–Kier alpha value is -3.63. The van der Waals surface area contributed by atoms with E-state index in [0.717, 1.165) is 16.9 Å². The van der Waals surface area contributed by atoms with Gasteiger partial charge in [-0.05, 0) is 42.5 Å². The number of aromatic nitrogens is 4. The highest BCUT2D eigenvalue weighted by molar-refractivity contribution is 5.76. The molecular weight excluding hydrogens is 415 g/mol. The number of carbonyl (C=O) groups excluding carboxylic acids is 1. The lowest BCUT2D eigenvalue weighted by molar-refractivity contribution is -0.137. The number of hydrogen-bond acceptors (Lipinski definition) is 6. The number of alkyl halides is 3. The van der Waals surface area contributed by atoms with Crippen molar-refractivity contribution >= 4 is 5.91 Å². The number of carbonyl (C=O) groups is 1. The summed E-state index contributed by atoms with van der Waals surface area (Å²) in [5.41, 5.74) is 0.0440. The third kappa shape index (κ3) is 5.30. The van der Waals surface area contributed by atoms with Gasteiger partial charge in [0, 0.05) is 11.1 Å². The number of nitrogens with one attached hydrogen (secondary N) is 1. The topological polar surface area (TPSA) is 91.2 Å². The zero-order chi connectivity index (χ0) is 22.6. The molecule has 0 aliphatic carbocycles. The van der Waals surface area contributed by atoms with Crippen LogP contribution in [-0.2, 0) is 17.5 Å². The van der Waals surface area contributed by atoms with E-state index in [-0.39, 0.29) is 17.9 Å². The molecule has 1 aromatic heterocycles. The van der Waals surface area contributed by atoms with Gasteiger partial charge in [-0.1, -0.05) is 12.1 Å². The van der Waals surface area contributed by atoms with E-state index in [1.165, 1.54) is 26.4 Å². The quantitative estimate of drug-likeness (QED) is 0.613. The van der Waals surface area contributed by atoms with Crippen LogP contribution in [0.3, 0.4) is 0 Å². The first-order valence-electron chi connectivity index (χ1n) is 9.18. The zero-order valence-electron chi connectivity index (χ0n) is 17.0. The molecule has 0 bridgehead atoms. The normalized spacial score (nSPS) is 12.3. The Kier molecular flexibility index (Phi) is 6.42. The smallest absolute Gasteiger partial charge is 0.416 e. The van der Waals surface area contributed by atoms with Crippen LogP contribution in [0.2, 0.25) is 0 Å². The first-order valence-corrected chi connectivity index (χ1v) is 9.18. The van der Waals surface area contributed by atoms with Crippen LogP contribution in [0.1, 0.15) is 24.1 Å². The molecule has 31 heavy (non-hydrogen) atoms. The van der Waals surface area contributed by atoms with Crippen LogP contribution in [0.5, 0.6) is 11.5 Å². The first kappa shape index (κ1) is 22.1. The summed E-state index contributed by atoms with van der Waals surface area (Å²) < 4.78 is 49.2. The van der Waals surface area contributed by atoms with Gasteiger partial charge in [-0.25, -0.2) is 0 Å². The maximum Gasteiger partial charge on any atom is 0.416 e. The van der Waals surface area contributed by atoms with Gasteiger partial charge in [-0.15, -0.1) is 10.2 Å². The molecule has 1 N–H and O–H groups in total. The standard InChI is InChI=1S/C20H20F3N5O3/c1-12(16-10-15(30-2)7-8-17(16)31-3)24-18(29)11-28-26-19(25-27-28)13-5-4-6-14(9-13)20(21,22)23/h4-10,12H,11H2,1-3H3,(H,24,29). The van der Waals surface area contributed by atoms with Crippen molar-refractivity contribution in [2.45, 2.75) is 25.7 Å². The van der Waals surface area contributed by atoms with Crippen LogP contribution in [0.25, 0.3) is 11.4 Å². The number of amides is 1. The molecule has 0 fully saturated rings. The molecule has 0 radical (unpaired) electrons. The Morgan fingerprint density at radius 1 is 1.16 bits per heavy atom. The summed E-state index contributed by atoms with van der Waals surface area (Å²) in [6.07, 6.45) is -4.48. The average molecular weight is 435 g/mol. The van der Waals surface area contributed by atoms with E-state index in [1.54, 1.807) is 25.1 Å². The number of rotatable bonds is 7. The molecule has 1 unspecified atom stereocenters. The fraction of sp³-hybridized carbons (Fsp3) is 0.300. The van der Waals surface area contributed by atoms with E-state index in [0.29, 0.717) is 17.1 Å². The predicted octanol–water partition coefficient (Wildman–Crippen LogP) is 3.25. The van der Waals surface area contributed by atoms with Gasteiger partial charge >= 0.3 is 6.18 Å². The second-order valence-corrected chi connectivity index (χ2v) is 6.62. The minimum atomic E-state index is -4.48. The number of ether oxygens (including phenoxy) is 2. The third-order valence-corrected chi connectivity index (χ3v) is 4.47. The maximum atomic E-state index is 12.9. The minimum Gasteiger partial charge on any atom is -0.497 e. The molecular formula is C20H20F3N5O3. The Labute approximate surface area is 176 Å². The van der Waals surface area contributed by atoms with Crippen LogP contribution in [-0.4, -0.2) is 40.3 Å². The van der Waals surface area contributed by atoms with Gasteiger partial charge in [0.15, 0.2) is 0 Å². The molecule has 3 aromatic rings. The van der Waals surface area contributed by atoms with Crippen LogP contribution in [0, 0.1) is 0 Å². The second kappa shape index (κ2) is 9.02. The van der Waals surface area contributed by atoms with Gasteiger partial charge < -0.3 is 14.8 Å². The summed E-state index contributed by atoms with van der Waals surface area (Å²) in [5, 5.41) is 14.3. The van der Waals surface area contributed by atoms with Crippen molar-refractivity contribution < 1.29 is 27.4 Å². The zero-order valence-corrected chi connectivity index (χ0v) is 17.0. The Morgan fingerprint density at radius 2 is 1.94 bits per heavy atom. The van der Waals surface area contributed by atoms with Gasteiger partial charge in [-0.3, -0.25) is 4.79 Å². The minimum absolute atomic E-state index is 0.0126. The molecule has 3 rings (SSSR count). The Balaban J connectivity index is 1.70. The summed E-state index contributed by atoms with van der Waals surface area (Å²) in [6.45, 7) is 1.51. The number of methoxy groups -OCH3 is 2. The van der Waals surface area contributed by atoms with Gasteiger partial charge in [0.05, 0.1) is 25.8 Å². The summed E-state index contributed by atoms with van der Waals surface area (Å²) in [5.74, 6) is 0.770. The lowest BCUT2D eigenvalue weighted by Gasteiger charge is -2.18. The fourth-order valence-electron chi connectivity index (χ4n) is 2.93. The summed E-state index contributed by atoms with van der Waals surface area (Å²) >= 11 is 0. The molecule has 1 heterocycles. The highest BCUT2D eigenvalue weighted by atomic mass is 19.4. The molecule has 164 valence electrons. The van der Waals surface area contributed by atoms with Crippen molar-refractivity contribution in [3.63, 3.8) is 0 Å². The largest absolute Gasteiger partial charge is 0.497 e. The van der Waals surface area contributed by atoms with Crippen LogP contribution < -0.4 is 14.8 Å². The molecule has 0 aliphatic rings. The predicted molar refractivity (Wildman–Crippen MR) is 104 cm³/mol. The number of benzene rings is 2.